The number of benzene rings is 1. The molecule has 0 spiro atoms. The molecule has 1 N–H and O–H groups in total. The summed E-state index contributed by atoms with van der Waals surface area (Å²) >= 11 is 0. The molecular formula is C15H17F3N2O. The second-order valence-corrected chi connectivity index (χ2v) is 4.64. The molecule has 2 rings (SSSR count). The number of alkyl halides is 3. The van der Waals surface area contributed by atoms with Crippen LogP contribution in [0.2, 0.25) is 0 Å². The van der Waals surface area contributed by atoms with E-state index in [1.165, 1.54) is 12.1 Å². The van der Waals surface area contributed by atoms with E-state index < -0.39 is 6.36 Å². The molecule has 0 unspecified atom stereocenters. The van der Waals surface area contributed by atoms with Crippen molar-refractivity contribution in [3.8, 4) is 5.75 Å². The van der Waals surface area contributed by atoms with Crippen molar-refractivity contribution < 1.29 is 17.9 Å². The summed E-state index contributed by atoms with van der Waals surface area (Å²) in [4.78, 5) is 4.28. The highest BCUT2D eigenvalue weighted by atomic mass is 19.4. The number of hydrogen-bond donors (Lipinski definition) is 1. The Morgan fingerprint density at radius 2 is 2.00 bits per heavy atom. The highest BCUT2D eigenvalue weighted by molar-refractivity contribution is 5.95. The third-order valence-corrected chi connectivity index (χ3v) is 3.01. The lowest BCUT2D eigenvalue weighted by Gasteiger charge is -2.14. The second kappa shape index (κ2) is 6.20. The molecule has 114 valence electrons. The zero-order valence-corrected chi connectivity index (χ0v) is 11.9. The lowest BCUT2D eigenvalue weighted by molar-refractivity contribution is -0.274. The molecule has 0 radical (unpaired) electrons. The van der Waals surface area contributed by atoms with Crippen molar-refractivity contribution in [1.29, 1.82) is 0 Å². The van der Waals surface area contributed by atoms with Gasteiger partial charge in [-0.15, -0.1) is 13.2 Å². The monoisotopic (exact) mass is 298 g/mol. The molecule has 2 aromatic rings. The zero-order valence-electron chi connectivity index (χ0n) is 11.9. The Labute approximate surface area is 121 Å². The third-order valence-electron chi connectivity index (χ3n) is 3.01. The maximum Gasteiger partial charge on any atom is 0.573 e. The van der Waals surface area contributed by atoms with Gasteiger partial charge in [-0.05, 0) is 25.0 Å². The van der Waals surface area contributed by atoms with E-state index in [0.717, 1.165) is 24.3 Å². The number of hydrogen-bond acceptors (Lipinski definition) is 3. The number of ether oxygens (including phenoxy) is 1. The Bertz CT molecular complexity index is 626. The molecule has 0 saturated heterocycles. The van der Waals surface area contributed by atoms with Crippen LogP contribution in [-0.4, -0.2) is 17.9 Å². The number of pyridine rings is 1. The normalized spacial score (nSPS) is 11.7. The van der Waals surface area contributed by atoms with Crippen molar-refractivity contribution in [3.63, 3.8) is 0 Å². The number of nitrogens with zero attached hydrogens (tertiary/aromatic N) is 1. The number of aromatic nitrogens is 1. The summed E-state index contributed by atoms with van der Waals surface area (Å²) < 4.78 is 41.6. The van der Waals surface area contributed by atoms with Crippen LogP contribution in [0, 0.1) is 0 Å². The number of fused-ring (bicyclic) bond motifs is 1. The maximum absolute atomic E-state index is 12.5. The molecule has 21 heavy (non-hydrogen) atoms. The first-order valence-corrected chi connectivity index (χ1v) is 6.87. The van der Waals surface area contributed by atoms with Gasteiger partial charge in [0.05, 0.1) is 0 Å². The summed E-state index contributed by atoms with van der Waals surface area (Å²) in [5.41, 5.74) is 1.73. The van der Waals surface area contributed by atoms with Crippen molar-refractivity contribution >= 4 is 16.6 Å². The first kappa shape index (κ1) is 15.4. The number of nitrogens with one attached hydrogen (secondary N) is 1. The van der Waals surface area contributed by atoms with Gasteiger partial charge in [-0.25, -0.2) is 4.98 Å². The molecule has 0 atom stereocenters. The highest BCUT2D eigenvalue weighted by Gasteiger charge is 2.32. The number of para-hydroxylation sites is 1. The average molecular weight is 298 g/mol. The lowest BCUT2D eigenvalue weighted by atomic mass is 10.1. The molecular weight excluding hydrogens is 281 g/mol. The molecule has 0 amide bonds. The molecule has 0 saturated carbocycles. The van der Waals surface area contributed by atoms with Crippen LogP contribution in [0.5, 0.6) is 5.75 Å². The number of aryl methyl sites for hydroxylation is 1. The van der Waals surface area contributed by atoms with Gasteiger partial charge in [0.2, 0.25) is 0 Å². The van der Waals surface area contributed by atoms with Gasteiger partial charge in [-0.1, -0.05) is 26.0 Å². The van der Waals surface area contributed by atoms with Crippen LogP contribution in [0.3, 0.4) is 0 Å². The van der Waals surface area contributed by atoms with E-state index in [0.29, 0.717) is 11.8 Å². The number of halogens is 3. The Morgan fingerprint density at radius 1 is 1.24 bits per heavy atom. The van der Waals surface area contributed by atoms with Gasteiger partial charge in [0, 0.05) is 23.3 Å². The van der Waals surface area contributed by atoms with Gasteiger partial charge in [-0.3, -0.25) is 0 Å². The summed E-state index contributed by atoms with van der Waals surface area (Å²) in [6.45, 7) is 4.67. The first-order chi connectivity index (χ1) is 9.94. The van der Waals surface area contributed by atoms with E-state index in [2.05, 4.69) is 15.0 Å². The van der Waals surface area contributed by atoms with Gasteiger partial charge < -0.3 is 10.1 Å². The summed E-state index contributed by atoms with van der Waals surface area (Å²) in [6.07, 6.45) is -3.17. The number of anilines is 1. The molecule has 0 aliphatic heterocycles. The quantitative estimate of drug-likeness (QED) is 0.881. The third kappa shape index (κ3) is 3.77. The first-order valence-electron chi connectivity index (χ1n) is 6.87. The highest BCUT2D eigenvalue weighted by Crippen LogP contribution is 2.33. The molecule has 1 aromatic heterocycles. The minimum absolute atomic E-state index is 0.229. The molecule has 1 aromatic carbocycles. The van der Waals surface area contributed by atoms with Gasteiger partial charge in [0.1, 0.15) is 5.52 Å². The fourth-order valence-corrected chi connectivity index (χ4v) is 2.07. The van der Waals surface area contributed by atoms with E-state index in [9.17, 15) is 13.2 Å². The van der Waals surface area contributed by atoms with Crippen LogP contribution < -0.4 is 10.1 Å². The molecule has 0 fully saturated rings. The summed E-state index contributed by atoms with van der Waals surface area (Å²) in [7, 11) is 0. The van der Waals surface area contributed by atoms with Gasteiger partial charge >= 0.3 is 6.36 Å². The fraction of sp³-hybridized carbons (Fsp3) is 0.400. The average Bonchev–Trinajstić information content (AvgIpc) is 2.43. The van der Waals surface area contributed by atoms with Crippen LogP contribution in [-0.2, 0) is 6.42 Å². The minimum atomic E-state index is -4.73. The second-order valence-electron chi connectivity index (χ2n) is 4.64. The lowest BCUT2D eigenvalue weighted by Crippen LogP contribution is -2.17. The maximum atomic E-state index is 12.5. The number of rotatable bonds is 5. The van der Waals surface area contributed by atoms with Crippen LogP contribution in [0.15, 0.2) is 24.3 Å². The molecule has 6 heteroatoms. The molecule has 0 bridgehead atoms. The minimum Gasteiger partial charge on any atom is -0.403 e. The molecule has 0 aliphatic rings. The van der Waals surface area contributed by atoms with Gasteiger partial charge in [0.15, 0.2) is 5.75 Å². The SMILES string of the molecule is CCCNc1cc(CC)nc2c(OC(F)(F)F)cccc12. The Hall–Kier alpha value is -1.98. The van der Waals surface area contributed by atoms with Crippen molar-refractivity contribution in [2.45, 2.75) is 33.1 Å². The van der Waals surface area contributed by atoms with Crippen molar-refractivity contribution in [2.75, 3.05) is 11.9 Å². The standard InChI is InChI=1S/C15H17F3N2O/c1-3-8-19-12-9-10(4-2)20-14-11(12)6-5-7-13(14)21-15(16,17)18/h5-7,9H,3-4,8H2,1-2H3,(H,19,20). The van der Waals surface area contributed by atoms with E-state index in [4.69, 9.17) is 0 Å². The smallest absolute Gasteiger partial charge is 0.403 e. The fourth-order valence-electron chi connectivity index (χ4n) is 2.07. The van der Waals surface area contributed by atoms with Gasteiger partial charge in [-0.2, -0.15) is 0 Å². The summed E-state index contributed by atoms with van der Waals surface area (Å²) in [5.74, 6) is -0.269. The van der Waals surface area contributed by atoms with Crippen molar-refractivity contribution in [3.05, 3.63) is 30.0 Å². The molecule has 0 aliphatic carbocycles. The van der Waals surface area contributed by atoms with E-state index >= 15 is 0 Å². The van der Waals surface area contributed by atoms with Crippen LogP contribution in [0.4, 0.5) is 18.9 Å². The summed E-state index contributed by atoms with van der Waals surface area (Å²) in [6, 6.07) is 6.43. The van der Waals surface area contributed by atoms with Gasteiger partial charge in [0.25, 0.3) is 0 Å². The van der Waals surface area contributed by atoms with Crippen molar-refractivity contribution in [2.24, 2.45) is 0 Å². The Morgan fingerprint density at radius 3 is 2.62 bits per heavy atom. The van der Waals surface area contributed by atoms with E-state index in [-0.39, 0.29) is 11.3 Å². The molecule has 3 nitrogen and oxygen atoms in total. The Kier molecular flexibility index (Phi) is 4.55. The van der Waals surface area contributed by atoms with E-state index in [1.807, 2.05) is 19.9 Å². The molecule has 1 heterocycles. The summed E-state index contributed by atoms with van der Waals surface area (Å²) in [5, 5.41) is 3.85. The largest absolute Gasteiger partial charge is 0.573 e. The van der Waals surface area contributed by atoms with Crippen LogP contribution >= 0.6 is 0 Å². The van der Waals surface area contributed by atoms with E-state index in [1.54, 1.807) is 6.07 Å². The van der Waals surface area contributed by atoms with Crippen LogP contribution in [0.25, 0.3) is 10.9 Å². The Balaban J connectivity index is 2.57. The predicted octanol–water partition coefficient (Wildman–Crippen LogP) is 4.52. The topological polar surface area (TPSA) is 34.2 Å². The van der Waals surface area contributed by atoms with Crippen LogP contribution in [0.1, 0.15) is 26.0 Å². The predicted molar refractivity (Wildman–Crippen MR) is 76.6 cm³/mol. The zero-order chi connectivity index (χ0) is 15.5. The van der Waals surface area contributed by atoms with Crippen molar-refractivity contribution in [1.82, 2.24) is 4.98 Å².